The minimum absolute atomic E-state index is 0.0686. The van der Waals surface area contributed by atoms with Gasteiger partial charge >= 0.3 is 0 Å². The second-order valence-corrected chi connectivity index (χ2v) is 5.89. The van der Waals surface area contributed by atoms with Crippen LogP contribution < -0.4 is 9.47 Å². The fraction of sp³-hybridized carbons (Fsp3) is 0.400. The van der Waals surface area contributed by atoms with Gasteiger partial charge in [-0.3, -0.25) is 0 Å². The maximum atomic E-state index is 9.27. The van der Waals surface area contributed by atoms with Crippen LogP contribution in [0, 0.1) is 0 Å². The van der Waals surface area contributed by atoms with Gasteiger partial charge in [0.15, 0.2) is 17.8 Å². The lowest BCUT2D eigenvalue weighted by Gasteiger charge is -2.26. The van der Waals surface area contributed by atoms with E-state index < -0.39 is 6.29 Å². The molecule has 0 amide bonds. The first-order valence-corrected chi connectivity index (χ1v) is 8.53. The third-order valence-corrected chi connectivity index (χ3v) is 4.07. The van der Waals surface area contributed by atoms with Crippen molar-refractivity contribution in [1.82, 2.24) is 0 Å². The van der Waals surface area contributed by atoms with Crippen molar-refractivity contribution in [1.29, 1.82) is 0 Å². The van der Waals surface area contributed by atoms with E-state index in [0.29, 0.717) is 37.7 Å². The van der Waals surface area contributed by atoms with Crippen molar-refractivity contribution in [3.05, 3.63) is 59.2 Å². The summed E-state index contributed by atoms with van der Waals surface area (Å²) in [4.78, 5) is 0. The number of aliphatic hydroxyl groups is 1. The van der Waals surface area contributed by atoms with Crippen molar-refractivity contribution in [3.8, 4) is 11.5 Å². The zero-order valence-electron chi connectivity index (χ0n) is 14.4. The lowest BCUT2D eigenvalue weighted by Crippen LogP contribution is -2.19. The predicted molar refractivity (Wildman–Crippen MR) is 93.8 cm³/mol. The van der Waals surface area contributed by atoms with Crippen molar-refractivity contribution in [2.75, 3.05) is 26.9 Å². The normalized spacial score (nSPS) is 15.1. The summed E-state index contributed by atoms with van der Waals surface area (Å²) in [5.74, 6) is 1.24. The van der Waals surface area contributed by atoms with Crippen LogP contribution in [0.2, 0.25) is 0 Å². The fourth-order valence-electron chi connectivity index (χ4n) is 2.83. The summed E-state index contributed by atoms with van der Waals surface area (Å²) in [6, 6.07) is 13.8. The molecule has 3 rings (SSSR count). The molecular formula is C20H24O5. The summed E-state index contributed by atoms with van der Waals surface area (Å²) >= 11 is 0. The smallest absolute Gasteiger partial charge is 0.187 e. The van der Waals surface area contributed by atoms with Crippen LogP contribution in [0.4, 0.5) is 0 Å². The molecule has 1 saturated heterocycles. The van der Waals surface area contributed by atoms with Gasteiger partial charge in [-0.05, 0) is 36.1 Å². The van der Waals surface area contributed by atoms with E-state index in [-0.39, 0.29) is 6.61 Å². The Labute approximate surface area is 148 Å². The topological polar surface area (TPSA) is 57.2 Å². The van der Waals surface area contributed by atoms with Gasteiger partial charge < -0.3 is 24.1 Å². The van der Waals surface area contributed by atoms with Crippen LogP contribution in [0.1, 0.15) is 29.4 Å². The monoisotopic (exact) mass is 344 g/mol. The van der Waals surface area contributed by atoms with E-state index in [1.807, 2.05) is 42.5 Å². The van der Waals surface area contributed by atoms with Crippen LogP contribution in [-0.4, -0.2) is 32.0 Å². The minimum Gasteiger partial charge on any atom is -0.493 e. The van der Waals surface area contributed by atoms with Gasteiger partial charge in [0, 0.05) is 6.61 Å². The number of hydrogen-bond acceptors (Lipinski definition) is 5. The molecule has 0 radical (unpaired) electrons. The summed E-state index contributed by atoms with van der Waals surface area (Å²) < 4.78 is 23.2. The first-order chi connectivity index (χ1) is 12.3. The summed E-state index contributed by atoms with van der Waals surface area (Å²) in [6.07, 6.45) is 0.936. The fourth-order valence-corrected chi connectivity index (χ4v) is 2.83. The molecule has 0 bridgehead atoms. The Hall–Kier alpha value is -2.08. The molecule has 0 unspecified atom stereocenters. The molecule has 0 aliphatic carbocycles. The molecule has 25 heavy (non-hydrogen) atoms. The summed E-state index contributed by atoms with van der Waals surface area (Å²) in [5, 5.41) is 9.27. The van der Waals surface area contributed by atoms with Gasteiger partial charge in [0.2, 0.25) is 0 Å². The van der Waals surface area contributed by atoms with E-state index in [2.05, 4.69) is 0 Å². The first kappa shape index (κ1) is 17.7. The highest BCUT2D eigenvalue weighted by Gasteiger charge is 2.24. The third-order valence-electron chi connectivity index (χ3n) is 4.07. The molecule has 1 aliphatic rings. The van der Waals surface area contributed by atoms with Gasteiger partial charge in [-0.25, -0.2) is 0 Å². The number of hydrogen-bond donors (Lipinski definition) is 1. The zero-order chi connectivity index (χ0) is 17.5. The Morgan fingerprint density at radius 1 is 1.08 bits per heavy atom. The number of benzene rings is 2. The van der Waals surface area contributed by atoms with Crippen molar-refractivity contribution >= 4 is 0 Å². The Morgan fingerprint density at radius 3 is 2.52 bits per heavy atom. The van der Waals surface area contributed by atoms with E-state index >= 15 is 0 Å². The zero-order valence-corrected chi connectivity index (χ0v) is 14.4. The van der Waals surface area contributed by atoms with E-state index in [9.17, 15) is 5.11 Å². The largest absolute Gasteiger partial charge is 0.493 e. The number of aliphatic hydroxyl groups excluding tert-OH is 1. The highest BCUT2D eigenvalue weighted by atomic mass is 16.7. The van der Waals surface area contributed by atoms with Gasteiger partial charge in [-0.2, -0.15) is 0 Å². The Bertz CT molecular complexity index is 665. The molecule has 2 aromatic rings. The third kappa shape index (κ3) is 4.51. The average molecular weight is 344 g/mol. The van der Waals surface area contributed by atoms with E-state index in [0.717, 1.165) is 23.1 Å². The quantitative estimate of drug-likeness (QED) is 0.836. The van der Waals surface area contributed by atoms with E-state index in [4.69, 9.17) is 18.9 Å². The maximum absolute atomic E-state index is 9.27. The SMILES string of the molecule is COc1cc(CCO)cc(C2OCCCO2)c1OCc1ccccc1. The molecule has 5 nitrogen and oxygen atoms in total. The molecule has 0 saturated carbocycles. The van der Waals surface area contributed by atoms with Gasteiger partial charge in [0.25, 0.3) is 0 Å². The van der Waals surface area contributed by atoms with E-state index in [1.165, 1.54) is 0 Å². The summed E-state index contributed by atoms with van der Waals surface area (Å²) in [5.41, 5.74) is 2.83. The highest BCUT2D eigenvalue weighted by molar-refractivity contribution is 5.50. The number of methoxy groups -OCH3 is 1. The molecule has 5 heteroatoms. The number of rotatable bonds is 7. The molecule has 0 spiro atoms. The molecular weight excluding hydrogens is 320 g/mol. The van der Waals surface area contributed by atoms with Gasteiger partial charge in [-0.15, -0.1) is 0 Å². The highest BCUT2D eigenvalue weighted by Crippen LogP contribution is 2.39. The average Bonchev–Trinajstić information content (AvgIpc) is 2.68. The lowest BCUT2D eigenvalue weighted by molar-refractivity contribution is -0.183. The Morgan fingerprint density at radius 2 is 1.84 bits per heavy atom. The van der Waals surface area contributed by atoms with Crippen LogP contribution in [0.25, 0.3) is 0 Å². The lowest BCUT2D eigenvalue weighted by atomic mass is 10.1. The van der Waals surface area contributed by atoms with Crippen LogP contribution in [0.3, 0.4) is 0 Å². The van der Waals surface area contributed by atoms with Crippen LogP contribution in [-0.2, 0) is 22.5 Å². The van der Waals surface area contributed by atoms with Crippen molar-refractivity contribution in [2.45, 2.75) is 25.7 Å². The molecule has 134 valence electrons. The summed E-state index contributed by atoms with van der Waals surface area (Å²) in [7, 11) is 1.61. The number of ether oxygens (including phenoxy) is 4. The minimum atomic E-state index is -0.480. The predicted octanol–water partition coefficient (Wildman–Crippen LogP) is 3.24. The summed E-state index contributed by atoms with van der Waals surface area (Å²) in [6.45, 7) is 1.79. The van der Waals surface area contributed by atoms with Gasteiger partial charge in [0.05, 0.1) is 25.9 Å². The van der Waals surface area contributed by atoms with Crippen molar-refractivity contribution in [2.24, 2.45) is 0 Å². The van der Waals surface area contributed by atoms with Crippen molar-refractivity contribution in [3.63, 3.8) is 0 Å². The van der Waals surface area contributed by atoms with Crippen LogP contribution in [0.5, 0.6) is 11.5 Å². The second-order valence-electron chi connectivity index (χ2n) is 5.89. The molecule has 1 fully saturated rings. The molecule has 1 N–H and O–H groups in total. The van der Waals surface area contributed by atoms with Crippen molar-refractivity contribution < 1.29 is 24.1 Å². The standard InChI is InChI=1S/C20H24O5/c1-22-18-13-16(8-9-21)12-17(20-23-10-5-11-24-20)19(18)25-14-15-6-3-2-4-7-15/h2-4,6-7,12-13,20-21H,5,8-11,14H2,1H3. The van der Waals surface area contributed by atoms with Crippen LogP contribution in [0.15, 0.2) is 42.5 Å². The Kier molecular flexibility index (Phi) is 6.28. The molecule has 1 heterocycles. The van der Waals surface area contributed by atoms with Crippen LogP contribution >= 0.6 is 0 Å². The molecule has 0 atom stereocenters. The molecule has 2 aromatic carbocycles. The molecule has 0 aromatic heterocycles. The molecule has 1 aliphatic heterocycles. The first-order valence-electron chi connectivity index (χ1n) is 8.53. The maximum Gasteiger partial charge on any atom is 0.187 e. The van der Waals surface area contributed by atoms with Gasteiger partial charge in [0.1, 0.15) is 6.61 Å². The second kappa shape index (κ2) is 8.85. The Balaban J connectivity index is 1.91. The van der Waals surface area contributed by atoms with E-state index in [1.54, 1.807) is 7.11 Å². The van der Waals surface area contributed by atoms with Gasteiger partial charge in [-0.1, -0.05) is 30.3 Å².